The smallest absolute Gasteiger partial charge is 0.408 e. The molecule has 0 aliphatic rings. The minimum absolute atomic E-state index is 0.324. The van der Waals surface area contributed by atoms with Crippen molar-refractivity contribution in [3.63, 3.8) is 0 Å². The fourth-order valence-corrected chi connectivity index (χ4v) is 2.36. The predicted molar refractivity (Wildman–Crippen MR) is 106 cm³/mol. The van der Waals surface area contributed by atoms with E-state index < -0.39 is 35.5 Å². The second kappa shape index (κ2) is 10.4. The quantitative estimate of drug-likeness (QED) is 0.659. The standard InChI is InChI=1S/C20H29N3O6/c1-13-7-9-14(10-8-13)17(18(26)21-12-16(25)28-6)23(5)15(24)11-22-19(27)29-20(2,3)4/h7-10,17H,11-12H2,1-6H3,(H,21,26)(H,22,27). The molecule has 0 bridgehead atoms. The van der Waals surface area contributed by atoms with E-state index in [9.17, 15) is 19.2 Å². The van der Waals surface area contributed by atoms with Crippen molar-refractivity contribution in [1.82, 2.24) is 15.5 Å². The van der Waals surface area contributed by atoms with Crippen LogP contribution in [0.25, 0.3) is 0 Å². The van der Waals surface area contributed by atoms with Crippen molar-refractivity contribution in [2.75, 3.05) is 27.2 Å². The van der Waals surface area contributed by atoms with Gasteiger partial charge < -0.3 is 25.0 Å². The van der Waals surface area contributed by atoms with E-state index in [-0.39, 0.29) is 13.1 Å². The van der Waals surface area contributed by atoms with Crippen LogP contribution in [0.4, 0.5) is 4.79 Å². The molecule has 0 heterocycles. The van der Waals surface area contributed by atoms with Crippen LogP contribution in [-0.4, -0.2) is 61.6 Å². The summed E-state index contributed by atoms with van der Waals surface area (Å²) in [6, 6.07) is 6.08. The van der Waals surface area contributed by atoms with Gasteiger partial charge in [0.2, 0.25) is 11.8 Å². The summed E-state index contributed by atoms with van der Waals surface area (Å²) < 4.78 is 9.62. The molecule has 29 heavy (non-hydrogen) atoms. The average molecular weight is 407 g/mol. The van der Waals surface area contributed by atoms with Crippen LogP contribution in [0.5, 0.6) is 0 Å². The number of ether oxygens (including phenoxy) is 2. The van der Waals surface area contributed by atoms with Crippen LogP contribution in [0.1, 0.15) is 37.9 Å². The number of rotatable bonds is 7. The van der Waals surface area contributed by atoms with Crippen molar-refractivity contribution in [2.45, 2.75) is 39.3 Å². The molecule has 0 saturated heterocycles. The molecule has 0 aliphatic heterocycles. The molecule has 160 valence electrons. The lowest BCUT2D eigenvalue weighted by atomic mass is 10.0. The summed E-state index contributed by atoms with van der Waals surface area (Å²) in [5.41, 5.74) is 0.853. The van der Waals surface area contributed by atoms with Crippen LogP contribution in [0, 0.1) is 6.92 Å². The van der Waals surface area contributed by atoms with E-state index in [2.05, 4.69) is 15.4 Å². The Morgan fingerprint density at radius 2 is 1.62 bits per heavy atom. The summed E-state index contributed by atoms with van der Waals surface area (Å²) in [7, 11) is 2.66. The number of esters is 1. The van der Waals surface area contributed by atoms with Gasteiger partial charge in [-0.3, -0.25) is 14.4 Å². The lowest BCUT2D eigenvalue weighted by Crippen LogP contribution is -2.46. The van der Waals surface area contributed by atoms with Gasteiger partial charge in [-0.25, -0.2) is 4.79 Å². The van der Waals surface area contributed by atoms with Gasteiger partial charge in [-0.2, -0.15) is 0 Å². The molecule has 2 N–H and O–H groups in total. The number of nitrogens with one attached hydrogen (secondary N) is 2. The van der Waals surface area contributed by atoms with Crippen LogP contribution in [0.2, 0.25) is 0 Å². The molecule has 0 radical (unpaired) electrons. The summed E-state index contributed by atoms with van der Waals surface area (Å²) in [6.07, 6.45) is -0.735. The van der Waals surface area contributed by atoms with Crippen LogP contribution in [-0.2, 0) is 23.9 Å². The number of amides is 3. The first-order valence-corrected chi connectivity index (χ1v) is 9.08. The first kappa shape index (κ1) is 23.9. The Labute approximate surface area is 170 Å². The first-order chi connectivity index (χ1) is 13.4. The highest BCUT2D eigenvalue weighted by Gasteiger charge is 2.29. The largest absolute Gasteiger partial charge is 0.468 e. The maximum Gasteiger partial charge on any atom is 0.408 e. The van der Waals surface area contributed by atoms with E-state index in [1.54, 1.807) is 32.9 Å². The summed E-state index contributed by atoms with van der Waals surface area (Å²) in [4.78, 5) is 49.6. The summed E-state index contributed by atoms with van der Waals surface area (Å²) in [5.74, 6) is -1.66. The maximum atomic E-state index is 12.7. The normalized spacial score (nSPS) is 11.8. The third-order valence-electron chi connectivity index (χ3n) is 3.84. The SMILES string of the molecule is COC(=O)CNC(=O)C(c1ccc(C)cc1)N(C)C(=O)CNC(=O)OC(C)(C)C. The highest BCUT2D eigenvalue weighted by molar-refractivity contribution is 5.91. The van der Waals surface area contributed by atoms with Gasteiger partial charge >= 0.3 is 12.1 Å². The molecule has 0 aliphatic carbocycles. The van der Waals surface area contributed by atoms with Crippen molar-refractivity contribution in [2.24, 2.45) is 0 Å². The maximum absolute atomic E-state index is 12.7. The van der Waals surface area contributed by atoms with Crippen molar-refractivity contribution < 1.29 is 28.7 Å². The van der Waals surface area contributed by atoms with Gasteiger partial charge in [-0.1, -0.05) is 29.8 Å². The molecule has 3 amide bonds. The number of carbonyl (C=O) groups is 4. The van der Waals surface area contributed by atoms with Crippen molar-refractivity contribution in [3.8, 4) is 0 Å². The van der Waals surface area contributed by atoms with Gasteiger partial charge in [-0.05, 0) is 33.3 Å². The third kappa shape index (κ3) is 8.20. The second-order valence-electron chi connectivity index (χ2n) is 7.47. The fourth-order valence-electron chi connectivity index (χ4n) is 2.36. The van der Waals surface area contributed by atoms with E-state index in [1.807, 2.05) is 19.1 Å². The average Bonchev–Trinajstić information content (AvgIpc) is 2.64. The monoisotopic (exact) mass is 407 g/mol. The first-order valence-electron chi connectivity index (χ1n) is 9.08. The zero-order valence-electron chi connectivity index (χ0n) is 17.7. The Hall–Kier alpha value is -3.10. The van der Waals surface area contributed by atoms with Crippen LogP contribution in [0.3, 0.4) is 0 Å². The molecule has 1 aromatic carbocycles. The Morgan fingerprint density at radius 1 is 1.03 bits per heavy atom. The van der Waals surface area contributed by atoms with Gasteiger partial charge in [-0.15, -0.1) is 0 Å². The highest BCUT2D eigenvalue weighted by Crippen LogP contribution is 2.20. The Bertz CT molecular complexity index is 740. The van der Waals surface area contributed by atoms with Crippen molar-refractivity contribution in [1.29, 1.82) is 0 Å². The molecule has 1 aromatic rings. The molecule has 1 atom stereocenters. The number of likely N-dealkylation sites (N-methyl/N-ethyl adjacent to an activating group) is 1. The predicted octanol–water partition coefficient (Wildman–Crippen LogP) is 1.31. The number of benzene rings is 1. The summed E-state index contributed by atoms with van der Waals surface area (Å²) in [6.45, 7) is 6.35. The lowest BCUT2D eigenvalue weighted by molar-refractivity contribution is -0.143. The zero-order valence-corrected chi connectivity index (χ0v) is 17.7. The van der Waals surface area contributed by atoms with E-state index in [4.69, 9.17) is 4.74 Å². The molecular weight excluding hydrogens is 378 g/mol. The van der Waals surface area contributed by atoms with Gasteiger partial charge in [0.25, 0.3) is 0 Å². The van der Waals surface area contributed by atoms with Gasteiger partial charge in [0.1, 0.15) is 24.7 Å². The fraction of sp³-hybridized carbons (Fsp3) is 0.500. The number of methoxy groups -OCH3 is 1. The van der Waals surface area contributed by atoms with Gasteiger partial charge in [0.05, 0.1) is 7.11 Å². The molecule has 1 unspecified atom stereocenters. The van der Waals surface area contributed by atoms with Crippen LogP contribution in [0.15, 0.2) is 24.3 Å². The number of hydrogen-bond donors (Lipinski definition) is 2. The van der Waals surface area contributed by atoms with Crippen molar-refractivity contribution >= 4 is 23.9 Å². The summed E-state index contributed by atoms with van der Waals surface area (Å²) in [5, 5.41) is 4.83. The molecule has 9 heteroatoms. The van der Waals surface area contributed by atoms with E-state index in [1.165, 1.54) is 19.1 Å². The molecule has 0 fully saturated rings. The highest BCUT2D eigenvalue weighted by atomic mass is 16.6. The third-order valence-corrected chi connectivity index (χ3v) is 3.84. The number of nitrogens with zero attached hydrogens (tertiary/aromatic N) is 1. The molecule has 0 spiro atoms. The molecular formula is C20H29N3O6. The van der Waals surface area contributed by atoms with E-state index in [0.29, 0.717) is 5.56 Å². The molecule has 0 aromatic heterocycles. The van der Waals surface area contributed by atoms with Crippen LogP contribution >= 0.6 is 0 Å². The lowest BCUT2D eigenvalue weighted by Gasteiger charge is -2.28. The zero-order chi connectivity index (χ0) is 22.2. The Kier molecular flexibility index (Phi) is 8.62. The van der Waals surface area contributed by atoms with Gasteiger partial charge in [0.15, 0.2) is 0 Å². The minimum Gasteiger partial charge on any atom is -0.468 e. The molecule has 1 rings (SSSR count). The van der Waals surface area contributed by atoms with Crippen molar-refractivity contribution in [3.05, 3.63) is 35.4 Å². The topological polar surface area (TPSA) is 114 Å². The Balaban J connectivity index is 2.91. The summed E-state index contributed by atoms with van der Waals surface area (Å²) >= 11 is 0. The van der Waals surface area contributed by atoms with Gasteiger partial charge in [0, 0.05) is 7.05 Å². The van der Waals surface area contributed by atoms with E-state index in [0.717, 1.165) is 5.56 Å². The second-order valence-corrected chi connectivity index (χ2v) is 7.47. The number of hydrogen-bond acceptors (Lipinski definition) is 6. The number of aryl methyl sites for hydroxylation is 1. The number of alkyl carbamates (subject to hydrolysis) is 1. The van der Waals surface area contributed by atoms with E-state index >= 15 is 0 Å². The molecule has 9 nitrogen and oxygen atoms in total. The minimum atomic E-state index is -0.992. The molecule has 0 saturated carbocycles. The number of carbonyl (C=O) groups excluding carboxylic acids is 4. The Morgan fingerprint density at radius 3 is 2.14 bits per heavy atom. The van der Waals surface area contributed by atoms with Crippen LogP contribution < -0.4 is 10.6 Å².